The summed E-state index contributed by atoms with van der Waals surface area (Å²) in [6.07, 6.45) is 5.84. The molecule has 2 rings (SSSR count). The van der Waals surface area contributed by atoms with Gasteiger partial charge in [0.05, 0.1) is 18.8 Å². The highest BCUT2D eigenvalue weighted by Crippen LogP contribution is 2.42. The van der Waals surface area contributed by atoms with Crippen LogP contribution in [0.3, 0.4) is 0 Å². The molecule has 1 unspecified atom stereocenters. The highest BCUT2D eigenvalue weighted by atomic mass is 16.5. The number of ether oxygens (including phenoxy) is 2. The van der Waals surface area contributed by atoms with E-state index in [9.17, 15) is 0 Å². The summed E-state index contributed by atoms with van der Waals surface area (Å²) in [6.45, 7) is 6.97. The number of methoxy groups -OCH3 is 1. The van der Waals surface area contributed by atoms with Crippen LogP contribution >= 0.6 is 0 Å². The lowest BCUT2D eigenvalue weighted by atomic mass is 9.76. The molecule has 1 aliphatic carbocycles. The first-order valence-electron chi connectivity index (χ1n) is 8.08. The van der Waals surface area contributed by atoms with E-state index in [2.05, 4.69) is 32.9 Å². The molecule has 0 aliphatic heterocycles. The Morgan fingerprint density at radius 1 is 1.14 bits per heavy atom. The lowest BCUT2D eigenvalue weighted by Crippen LogP contribution is -2.45. The van der Waals surface area contributed by atoms with Gasteiger partial charge in [-0.15, -0.1) is 0 Å². The van der Waals surface area contributed by atoms with Gasteiger partial charge in [0.15, 0.2) is 0 Å². The molecule has 1 saturated carbocycles. The summed E-state index contributed by atoms with van der Waals surface area (Å²) in [6, 6.07) is 4.20. The first-order valence-corrected chi connectivity index (χ1v) is 8.08. The van der Waals surface area contributed by atoms with Crippen LogP contribution in [0.4, 0.5) is 0 Å². The maximum absolute atomic E-state index is 6.69. The summed E-state index contributed by atoms with van der Waals surface area (Å²) in [5, 5.41) is 0. The van der Waals surface area contributed by atoms with Gasteiger partial charge in [-0.1, -0.05) is 25.3 Å². The summed E-state index contributed by atoms with van der Waals surface area (Å²) in [5.41, 5.74) is 10.0. The molecule has 0 amide bonds. The van der Waals surface area contributed by atoms with E-state index >= 15 is 0 Å². The van der Waals surface area contributed by atoms with Crippen molar-refractivity contribution in [1.82, 2.24) is 0 Å². The standard InChI is InChI=1S/C18H29NO2/c1-5-21-18(9-7-6-8-10-18)17(19)15-11-14(3)16(20-4)12-13(15)2/h11-12,17H,5-10,19H2,1-4H3. The number of rotatable bonds is 5. The third kappa shape index (κ3) is 3.24. The molecular weight excluding hydrogens is 262 g/mol. The van der Waals surface area contributed by atoms with E-state index in [1.165, 1.54) is 30.4 Å². The molecule has 1 aromatic rings. The lowest BCUT2D eigenvalue weighted by molar-refractivity contribution is -0.0832. The monoisotopic (exact) mass is 291 g/mol. The van der Waals surface area contributed by atoms with Crippen molar-refractivity contribution in [3.63, 3.8) is 0 Å². The largest absolute Gasteiger partial charge is 0.496 e. The number of hydrogen-bond acceptors (Lipinski definition) is 3. The first kappa shape index (κ1) is 16.3. The van der Waals surface area contributed by atoms with Gasteiger partial charge in [-0.3, -0.25) is 0 Å². The van der Waals surface area contributed by atoms with Gasteiger partial charge in [0.25, 0.3) is 0 Å². The lowest BCUT2D eigenvalue weighted by Gasteiger charge is -2.42. The van der Waals surface area contributed by atoms with Crippen LogP contribution in [0.15, 0.2) is 12.1 Å². The number of aryl methyl sites for hydroxylation is 2. The molecule has 0 spiro atoms. The summed E-state index contributed by atoms with van der Waals surface area (Å²) >= 11 is 0. The van der Waals surface area contributed by atoms with Crippen molar-refractivity contribution in [2.24, 2.45) is 5.73 Å². The van der Waals surface area contributed by atoms with Gasteiger partial charge in [-0.05, 0) is 56.4 Å². The average Bonchev–Trinajstić information content (AvgIpc) is 2.49. The average molecular weight is 291 g/mol. The molecule has 3 heteroatoms. The smallest absolute Gasteiger partial charge is 0.122 e. The summed E-state index contributed by atoms with van der Waals surface area (Å²) < 4.78 is 11.6. The van der Waals surface area contributed by atoms with E-state index in [4.69, 9.17) is 15.2 Å². The van der Waals surface area contributed by atoms with Crippen molar-refractivity contribution >= 4 is 0 Å². The van der Waals surface area contributed by atoms with Crippen LogP contribution in [0.25, 0.3) is 0 Å². The van der Waals surface area contributed by atoms with Crippen molar-refractivity contribution in [1.29, 1.82) is 0 Å². The van der Waals surface area contributed by atoms with E-state index in [1.54, 1.807) is 7.11 Å². The minimum Gasteiger partial charge on any atom is -0.496 e. The van der Waals surface area contributed by atoms with Crippen LogP contribution in [-0.2, 0) is 4.74 Å². The zero-order chi connectivity index (χ0) is 15.5. The van der Waals surface area contributed by atoms with E-state index < -0.39 is 0 Å². The van der Waals surface area contributed by atoms with Crippen molar-refractivity contribution in [2.45, 2.75) is 64.5 Å². The van der Waals surface area contributed by atoms with Gasteiger partial charge in [-0.2, -0.15) is 0 Å². The van der Waals surface area contributed by atoms with Crippen molar-refractivity contribution in [2.75, 3.05) is 13.7 Å². The zero-order valence-corrected chi connectivity index (χ0v) is 13.9. The van der Waals surface area contributed by atoms with Crippen LogP contribution in [0.1, 0.15) is 61.8 Å². The highest BCUT2D eigenvalue weighted by Gasteiger charge is 2.40. The Morgan fingerprint density at radius 3 is 2.38 bits per heavy atom. The van der Waals surface area contributed by atoms with E-state index in [1.807, 2.05) is 0 Å². The van der Waals surface area contributed by atoms with Gasteiger partial charge in [0.2, 0.25) is 0 Å². The SMILES string of the molecule is CCOC1(C(N)c2cc(C)c(OC)cc2C)CCCCC1. The van der Waals surface area contributed by atoms with Gasteiger partial charge in [0, 0.05) is 6.61 Å². The second kappa shape index (κ2) is 6.80. The Labute approximate surface area is 128 Å². The van der Waals surface area contributed by atoms with E-state index in [-0.39, 0.29) is 11.6 Å². The topological polar surface area (TPSA) is 44.5 Å². The molecule has 21 heavy (non-hydrogen) atoms. The molecule has 118 valence electrons. The molecule has 0 heterocycles. The molecule has 1 aliphatic rings. The Morgan fingerprint density at radius 2 is 1.81 bits per heavy atom. The van der Waals surface area contributed by atoms with Gasteiger partial charge >= 0.3 is 0 Å². The Kier molecular flexibility index (Phi) is 5.28. The molecule has 0 aromatic heterocycles. The minimum absolute atomic E-state index is 0.0673. The van der Waals surface area contributed by atoms with Gasteiger partial charge in [0.1, 0.15) is 5.75 Å². The third-order valence-electron chi connectivity index (χ3n) is 4.82. The summed E-state index contributed by atoms with van der Waals surface area (Å²) in [4.78, 5) is 0. The van der Waals surface area contributed by atoms with Crippen LogP contribution < -0.4 is 10.5 Å². The Balaban J connectivity index is 2.36. The molecule has 3 nitrogen and oxygen atoms in total. The van der Waals surface area contributed by atoms with E-state index in [0.29, 0.717) is 0 Å². The third-order valence-corrected chi connectivity index (χ3v) is 4.82. The zero-order valence-electron chi connectivity index (χ0n) is 13.9. The van der Waals surface area contributed by atoms with Crippen molar-refractivity contribution in [3.8, 4) is 5.75 Å². The number of benzene rings is 1. The molecule has 0 radical (unpaired) electrons. The predicted molar refractivity (Wildman–Crippen MR) is 86.8 cm³/mol. The maximum Gasteiger partial charge on any atom is 0.122 e. The van der Waals surface area contributed by atoms with Crippen molar-refractivity contribution < 1.29 is 9.47 Å². The van der Waals surface area contributed by atoms with Gasteiger partial charge in [-0.25, -0.2) is 0 Å². The molecule has 0 bridgehead atoms. The van der Waals surface area contributed by atoms with Crippen LogP contribution in [0.2, 0.25) is 0 Å². The predicted octanol–water partition coefficient (Wildman–Crippen LogP) is 4.05. The molecule has 2 N–H and O–H groups in total. The highest BCUT2D eigenvalue weighted by molar-refractivity contribution is 5.43. The second-order valence-electron chi connectivity index (χ2n) is 6.21. The fourth-order valence-corrected chi connectivity index (χ4v) is 3.63. The molecule has 0 saturated heterocycles. The van der Waals surface area contributed by atoms with Crippen LogP contribution in [0, 0.1) is 13.8 Å². The quantitative estimate of drug-likeness (QED) is 0.890. The number of hydrogen-bond donors (Lipinski definition) is 1. The molecule has 1 aromatic carbocycles. The fourth-order valence-electron chi connectivity index (χ4n) is 3.63. The summed E-state index contributed by atoms with van der Waals surface area (Å²) in [5.74, 6) is 0.928. The fraction of sp³-hybridized carbons (Fsp3) is 0.667. The Hall–Kier alpha value is -1.06. The van der Waals surface area contributed by atoms with Crippen LogP contribution in [-0.4, -0.2) is 19.3 Å². The Bertz CT molecular complexity index is 473. The molecule has 1 fully saturated rings. The van der Waals surface area contributed by atoms with E-state index in [0.717, 1.165) is 30.8 Å². The first-order chi connectivity index (χ1) is 10.0. The van der Waals surface area contributed by atoms with Gasteiger partial charge < -0.3 is 15.2 Å². The summed E-state index contributed by atoms with van der Waals surface area (Å²) in [7, 11) is 1.71. The second-order valence-corrected chi connectivity index (χ2v) is 6.21. The normalized spacial score (nSPS) is 19.3. The molecular formula is C18H29NO2. The minimum atomic E-state index is -0.196. The van der Waals surface area contributed by atoms with Crippen molar-refractivity contribution in [3.05, 3.63) is 28.8 Å². The van der Waals surface area contributed by atoms with Crippen LogP contribution in [0.5, 0.6) is 5.75 Å². The molecule has 1 atom stereocenters. The number of nitrogens with two attached hydrogens (primary N) is 1. The maximum atomic E-state index is 6.69.